The molecule has 4 heteroatoms. The molecule has 2 rings (SSSR count). The van der Waals surface area contributed by atoms with E-state index in [2.05, 4.69) is 21.5 Å². The highest BCUT2D eigenvalue weighted by molar-refractivity contribution is 5.57. The van der Waals surface area contributed by atoms with E-state index in [1.165, 1.54) is 0 Å². The van der Waals surface area contributed by atoms with E-state index in [-0.39, 0.29) is 6.04 Å². The molecule has 0 bridgehead atoms. The van der Waals surface area contributed by atoms with Gasteiger partial charge < -0.3 is 10.3 Å². The van der Waals surface area contributed by atoms with Crippen LogP contribution in [-0.4, -0.2) is 20.6 Å². The van der Waals surface area contributed by atoms with Crippen molar-refractivity contribution in [3.05, 3.63) is 37.1 Å². The molecular formula is C12H16N4. The SMILES string of the molecule is CCC(N)Cn1cncc1-c1ccncc1. The minimum atomic E-state index is 0.176. The fourth-order valence-electron chi connectivity index (χ4n) is 1.61. The minimum absolute atomic E-state index is 0.176. The fourth-order valence-corrected chi connectivity index (χ4v) is 1.61. The Labute approximate surface area is 95.1 Å². The van der Waals surface area contributed by atoms with Crippen molar-refractivity contribution in [3.8, 4) is 11.3 Å². The Morgan fingerprint density at radius 3 is 2.75 bits per heavy atom. The van der Waals surface area contributed by atoms with Crippen LogP contribution in [0.4, 0.5) is 0 Å². The Morgan fingerprint density at radius 1 is 1.31 bits per heavy atom. The lowest BCUT2D eigenvalue weighted by Crippen LogP contribution is -2.25. The van der Waals surface area contributed by atoms with Gasteiger partial charge in [-0.25, -0.2) is 4.98 Å². The van der Waals surface area contributed by atoms with Crippen molar-refractivity contribution in [2.75, 3.05) is 0 Å². The average molecular weight is 216 g/mol. The van der Waals surface area contributed by atoms with Crippen LogP contribution in [0.15, 0.2) is 37.1 Å². The molecule has 0 aliphatic rings. The number of rotatable bonds is 4. The molecule has 0 saturated heterocycles. The zero-order valence-electron chi connectivity index (χ0n) is 9.37. The molecule has 0 amide bonds. The normalized spacial score (nSPS) is 12.6. The van der Waals surface area contributed by atoms with Crippen molar-refractivity contribution >= 4 is 0 Å². The second-order valence-electron chi connectivity index (χ2n) is 3.84. The van der Waals surface area contributed by atoms with E-state index in [0.29, 0.717) is 0 Å². The van der Waals surface area contributed by atoms with Gasteiger partial charge in [-0.2, -0.15) is 0 Å². The number of aromatic nitrogens is 3. The predicted molar refractivity (Wildman–Crippen MR) is 63.7 cm³/mol. The summed E-state index contributed by atoms with van der Waals surface area (Å²) in [5, 5.41) is 0. The number of pyridine rings is 1. The summed E-state index contributed by atoms with van der Waals surface area (Å²) in [7, 11) is 0. The van der Waals surface area contributed by atoms with Crippen molar-refractivity contribution in [2.45, 2.75) is 25.9 Å². The molecule has 0 spiro atoms. The van der Waals surface area contributed by atoms with Crippen molar-refractivity contribution in [2.24, 2.45) is 5.73 Å². The maximum Gasteiger partial charge on any atom is 0.0951 e. The summed E-state index contributed by atoms with van der Waals surface area (Å²) in [5.74, 6) is 0. The molecule has 2 aromatic rings. The Hall–Kier alpha value is -1.68. The van der Waals surface area contributed by atoms with Gasteiger partial charge in [0.2, 0.25) is 0 Å². The second kappa shape index (κ2) is 4.90. The maximum atomic E-state index is 5.95. The van der Waals surface area contributed by atoms with E-state index in [1.54, 1.807) is 12.4 Å². The molecule has 84 valence electrons. The van der Waals surface area contributed by atoms with E-state index in [1.807, 2.05) is 24.7 Å². The molecule has 2 aromatic heterocycles. The predicted octanol–water partition coefficient (Wildman–Crippen LogP) is 1.68. The van der Waals surface area contributed by atoms with Crippen molar-refractivity contribution in [3.63, 3.8) is 0 Å². The zero-order valence-corrected chi connectivity index (χ0v) is 9.37. The minimum Gasteiger partial charge on any atom is -0.329 e. The Balaban J connectivity index is 2.26. The van der Waals surface area contributed by atoms with Gasteiger partial charge in [0.05, 0.1) is 18.2 Å². The summed E-state index contributed by atoms with van der Waals surface area (Å²) in [6, 6.07) is 4.13. The monoisotopic (exact) mass is 216 g/mol. The summed E-state index contributed by atoms with van der Waals surface area (Å²) in [5.41, 5.74) is 8.16. The maximum absolute atomic E-state index is 5.95. The summed E-state index contributed by atoms with van der Waals surface area (Å²) in [6.45, 7) is 2.89. The molecule has 0 fully saturated rings. The average Bonchev–Trinajstić information content (AvgIpc) is 2.78. The van der Waals surface area contributed by atoms with Crippen LogP contribution in [0.5, 0.6) is 0 Å². The molecule has 2 heterocycles. The molecule has 4 nitrogen and oxygen atoms in total. The molecule has 2 N–H and O–H groups in total. The quantitative estimate of drug-likeness (QED) is 0.846. The summed E-state index contributed by atoms with van der Waals surface area (Å²) in [6.07, 6.45) is 8.22. The third-order valence-corrected chi connectivity index (χ3v) is 2.64. The molecule has 1 unspecified atom stereocenters. The van der Waals surface area contributed by atoms with Crippen molar-refractivity contribution < 1.29 is 0 Å². The fraction of sp³-hybridized carbons (Fsp3) is 0.333. The lowest BCUT2D eigenvalue weighted by atomic mass is 10.2. The van der Waals surface area contributed by atoms with Gasteiger partial charge in [0, 0.05) is 30.5 Å². The van der Waals surface area contributed by atoms with Crippen LogP contribution in [0.1, 0.15) is 13.3 Å². The van der Waals surface area contributed by atoms with Crippen LogP contribution in [0.3, 0.4) is 0 Å². The summed E-state index contributed by atoms with van der Waals surface area (Å²) < 4.78 is 2.09. The Kier molecular flexibility index (Phi) is 3.31. The Bertz CT molecular complexity index is 435. The topological polar surface area (TPSA) is 56.7 Å². The van der Waals surface area contributed by atoms with Crippen molar-refractivity contribution in [1.29, 1.82) is 0 Å². The van der Waals surface area contributed by atoms with E-state index >= 15 is 0 Å². The van der Waals surface area contributed by atoms with Crippen LogP contribution in [0.2, 0.25) is 0 Å². The summed E-state index contributed by atoms with van der Waals surface area (Å²) >= 11 is 0. The first-order valence-corrected chi connectivity index (χ1v) is 5.47. The molecule has 0 aliphatic carbocycles. The first-order valence-electron chi connectivity index (χ1n) is 5.47. The molecule has 0 aliphatic heterocycles. The van der Waals surface area contributed by atoms with Crippen LogP contribution in [0, 0.1) is 0 Å². The number of nitrogens with two attached hydrogens (primary N) is 1. The van der Waals surface area contributed by atoms with E-state index in [4.69, 9.17) is 5.73 Å². The Morgan fingerprint density at radius 2 is 2.06 bits per heavy atom. The van der Waals surface area contributed by atoms with Gasteiger partial charge in [0.25, 0.3) is 0 Å². The lowest BCUT2D eigenvalue weighted by Gasteiger charge is -2.12. The molecular weight excluding hydrogens is 200 g/mol. The highest BCUT2D eigenvalue weighted by Gasteiger charge is 2.07. The first kappa shape index (κ1) is 10.8. The van der Waals surface area contributed by atoms with Crippen LogP contribution < -0.4 is 5.73 Å². The molecule has 0 saturated carbocycles. The summed E-state index contributed by atoms with van der Waals surface area (Å²) in [4.78, 5) is 8.18. The third kappa shape index (κ3) is 2.28. The van der Waals surface area contributed by atoms with Crippen LogP contribution in [0.25, 0.3) is 11.3 Å². The van der Waals surface area contributed by atoms with Crippen LogP contribution in [-0.2, 0) is 6.54 Å². The van der Waals surface area contributed by atoms with Gasteiger partial charge >= 0.3 is 0 Å². The second-order valence-corrected chi connectivity index (χ2v) is 3.84. The van der Waals surface area contributed by atoms with E-state index < -0.39 is 0 Å². The largest absolute Gasteiger partial charge is 0.329 e. The van der Waals surface area contributed by atoms with Gasteiger partial charge in [0.15, 0.2) is 0 Å². The third-order valence-electron chi connectivity index (χ3n) is 2.64. The highest BCUT2D eigenvalue weighted by atomic mass is 15.1. The number of nitrogens with zero attached hydrogens (tertiary/aromatic N) is 3. The van der Waals surface area contributed by atoms with E-state index in [9.17, 15) is 0 Å². The van der Waals surface area contributed by atoms with Gasteiger partial charge in [-0.3, -0.25) is 4.98 Å². The molecule has 16 heavy (non-hydrogen) atoms. The number of imidazole rings is 1. The molecule has 0 aromatic carbocycles. The standard InChI is InChI=1S/C12H16N4/c1-2-11(13)8-16-9-15-7-12(16)10-3-5-14-6-4-10/h3-7,9,11H,2,8,13H2,1H3. The first-order chi connectivity index (χ1) is 7.81. The van der Waals surface area contributed by atoms with Crippen LogP contribution >= 0.6 is 0 Å². The smallest absolute Gasteiger partial charge is 0.0951 e. The highest BCUT2D eigenvalue weighted by Crippen LogP contribution is 2.17. The van der Waals surface area contributed by atoms with E-state index in [0.717, 1.165) is 24.2 Å². The van der Waals surface area contributed by atoms with Crippen molar-refractivity contribution in [1.82, 2.24) is 14.5 Å². The van der Waals surface area contributed by atoms with Gasteiger partial charge in [-0.1, -0.05) is 6.92 Å². The zero-order chi connectivity index (χ0) is 11.4. The number of hydrogen-bond donors (Lipinski definition) is 1. The van der Waals surface area contributed by atoms with Gasteiger partial charge in [-0.15, -0.1) is 0 Å². The number of hydrogen-bond acceptors (Lipinski definition) is 3. The molecule has 0 radical (unpaired) electrons. The lowest BCUT2D eigenvalue weighted by molar-refractivity contribution is 0.542. The van der Waals surface area contributed by atoms with Gasteiger partial charge in [0.1, 0.15) is 0 Å². The molecule has 1 atom stereocenters. The van der Waals surface area contributed by atoms with Gasteiger partial charge in [-0.05, 0) is 18.6 Å².